The van der Waals surface area contributed by atoms with Gasteiger partial charge in [-0.25, -0.2) is 4.99 Å². The van der Waals surface area contributed by atoms with Crippen molar-refractivity contribution in [2.24, 2.45) is 5.10 Å². The minimum atomic E-state index is -0.333. The van der Waals surface area contributed by atoms with Crippen LogP contribution in [0.3, 0.4) is 0 Å². The number of rotatable bonds is 4. The molecule has 0 aromatic heterocycles. The summed E-state index contributed by atoms with van der Waals surface area (Å²) in [6, 6.07) is 25.2. The first-order valence-corrected chi connectivity index (χ1v) is 8.10. The van der Waals surface area contributed by atoms with E-state index >= 15 is 0 Å². The van der Waals surface area contributed by atoms with E-state index in [1.54, 1.807) is 54.7 Å². The van der Waals surface area contributed by atoms with Gasteiger partial charge in [-0.2, -0.15) is 0 Å². The van der Waals surface area contributed by atoms with Crippen LogP contribution in [0, 0.1) is 0 Å². The number of carbonyl (C=O) groups is 1. The minimum Gasteiger partial charge on any atom is -0.507 e. The van der Waals surface area contributed by atoms with Crippen molar-refractivity contribution < 1.29 is 14.9 Å². The predicted molar refractivity (Wildman–Crippen MR) is 101 cm³/mol. The van der Waals surface area contributed by atoms with Crippen LogP contribution in [0.25, 0.3) is 0 Å². The molecule has 128 valence electrons. The molecular weight excluding hydrogens is 326 g/mol. The third-order valence-corrected chi connectivity index (χ3v) is 3.64. The lowest BCUT2D eigenvalue weighted by atomic mass is 10.2. The number of hydrogen-bond donors (Lipinski definition) is 3. The van der Waals surface area contributed by atoms with E-state index in [9.17, 15) is 9.90 Å². The molecule has 5 heteroatoms. The van der Waals surface area contributed by atoms with Crippen LogP contribution < -0.4 is 10.4 Å². The van der Waals surface area contributed by atoms with E-state index in [0.717, 1.165) is 5.56 Å². The van der Waals surface area contributed by atoms with Crippen LogP contribution in [-0.2, 0) is 0 Å². The van der Waals surface area contributed by atoms with Crippen LogP contribution in [0.4, 0.5) is 0 Å². The van der Waals surface area contributed by atoms with Crippen LogP contribution in [0.1, 0.15) is 21.5 Å². The van der Waals surface area contributed by atoms with Gasteiger partial charge in [0.1, 0.15) is 11.3 Å². The van der Waals surface area contributed by atoms with Crippen molar-refractivity contribution in [1.82, 2.24) is 5.43 Å². The van der Waals surface area contributed by atoms with Gasteiger partial charge in [-0.05, 0) is 24.3 Å². The highest BCUT2D eigenvalue weighted by molar-refractivity contribution is 5.99. The molecule has 0 radical (unpaired) electrons. The topological polar surface area (TPSA) is 75.7 Å². The molecule has 0 unspecified atom stereocenters. The molecule has 0 aliphatic carbocycles. The monoisotopic (exact) mass is 344 g/mol. The van der Waals surface area contributed by atoms with Gasteiger partial charge in [-0.3, -0.25) is 4.79 Å². The number of hydrazone groups is 1. The standard InChI is InChI=1S/C21H17N3O2/c25-19-14-8-7-13-18(19)20(22-15-16-9-3-1-4-10-16)23-24-21(26)17-11-5-2-6-12-17/h1-15,25H,(H,24,26)/p+1/b22-15?,23-20-. The second-order valence-corrected chi connectivity index (χ2v) is 5.48. The number of aromatic hydroxyl groups is 1. The summed E-state index contributed by atoms with van der Waals surface area (Å²) in [4.78, 5) is 15.3. The zero-order chi connectivity index (χ0) is 18.2. The number of amides is 1. The number of nitrogens with one attached hydrogen (secondary N) is 2. The van der Waals surface area contributed by atoms with E-state index < -0.39 is 0 Å². The lowest BCUT2D eigenvalue weighted by Gasteiger charge is -1.99. The number of phenolic OH excluding ortho intramolecular Hbond substituents is 1. The zero-order valence-corrected chi connectivity index (χ0v) is 14.0. The summed E-state index contributed by atoms with van der Waals surface area (Å²) in [6.07, 6.45) is 1.75. The maximum absolute atomic E-state index is 12.2. The molecule has 0 atom stereocenters. The molecule has 0 aliphatic rings. The van der Waals surface area contributed by atoms with E-state index in [2.05, 4.69) is 15.5 Å². The first kappa shape index (κ1) is 17.1. The molecule has 0 aliphatic heterocycles. The quantitative estimate of drug-likeness (QED) is 0.383. The highest BCUT2D eigenvalue weighted by Gasteiger charge is 2.16. The second kappa shape index (κ2) is 8.39. The highest BCUT2D eigenvalue weighted by Crippen LogP contribution is 2.14. The fraction of sp³-hybridized carbons (Fsp3) is 0. The average Bonchev–Trinajstić information content (AvgIpc) is 2.70. The molecule has 0 spiro atoms. The molecule has 3 aromatic rings. The SMILES string of the molecule is O=C(N/N=C(\[NH+]=Cc1ccccc1)c1ccccc1O)c1ccccc1. The molecule has 3 rings (SSSR count). The van der Waals surface area contributed by atoms with Gasteiger partial charge >= 0.3 is 5.84 Å². The molecule has 1 amide bonds. The van der Waals surface area contributed by atoms with Gasteiger partial charge in [0.15, 0.2) is 0 Å². The number of carbonyl (C=O) groups excluding carboxylic acids is 1. The van der Waals surface area contributed by atoms with Crippen LogP contribution in [0.15, 0.2) is 90.0 Å². The molecule has 5 nitrogen and oxygen atoms in total. The summed E-state index contributed by atoms with van der Waals surface area (Å²) in [5.41, 5.74) is 4.43. The molecule has 0 saturated carbocycles. The Labute approximate surface area is 151 Å². The van der Waals surface area contributed by atoms with Crippen LogP contribution in [0.2, 0.25) is 0 Å². The first-order valence-electron chi connectivity index (χ1n) is 8.10. The Morgan fingerprint density at radius 2 is 1.50 bits per heavy atom. The molecular formula is C21H18N3O2+. The predicted octanol–water partition coefficient (Wildman–Crippen LogP) is 1.68. The Kier molecular flexibility index (Phi) is 5.52. The van der Waals surface area contributed by atoms with Crippen molar-refractivity contribution in [3.05, 3.63) is 102 Å². The van der Waals surface area contributed by atoms with Gasteiger partial charge in [-0.15, -0.1) is 5.43 Å². The molecule has 3 N–H and O–H groups in total. The maximum atomic E-state index is 12.2. The van der Waals surface area contributed by atoms with Gasteiger partial charge in [0.25, 0.3) is 5.91 Å². The van der Waals surface area contributed by atoms with E-state index in [1.165, 1.54) is 0 Å². The second-order valence-electron chi connectivity index (χ2n) is 5.48. The van der Waals surface area contributed by atoms with Crippen molar-refractivity contribution in [1.29, 1.82) is 0 Å². The Morgan fingerprint density at radius 3 is 2.19 bits per heavy atom. The van der Waals surface area contributed by atoms with E-state index in [1.807, 2.05) is 36.4 Å². The Bertz CT molecular complexity index is 936. The normalized spacial score (nSPS) is 11.5. The lowest BCUT2D eigenvalue weighted by molar-refractivity contribution is -0.307. The van der Waals surface area contributed by atoms with Gasteiger partial charge in [0, 0.05) is 11.1 Å². The van der Waals surface area contributed by atoms with Crippen LogP contribution in [0.5, 0.6) is 5.75 Å². The largest absolute Gasteiger partial charge is 0.507 e. The highest BCUT2D eigenvalue weighted by atomic mass is 16.3. The Balaban J connectivity index is 1.89. The fourth-order valence-electron chi connectivity index (χ4n) is 2.31. The van der Waals surface area contributed by atoms with Gasteiger partial charge in [0.2, 0.25) is 0 Å². The summed E-state index contributed by atoms with van der Waals surface area (Å²) >= 11 is 0. The molecule has 0 fully saturated rings. The Morgan fingerprint density at radius 1 is 0.885 bits per heavy atom. The molecule has 0 saturated heterocycles. The van der Waals surface area contributed by atoms with Crippen LogP contribution in [-0.4, -0.2) is 23.1 Å². The number of nitrogens with zero attached hydrogens (tertiary/aromatic N) is 1. The number of phenols is 1. The Hall–Kier alpha value is -3.73. The molecule has 26 heavy (non-hydrogen) atoms. The van der Waals surface area contributed by atoms with Crippen molar-refractivity contribution in [2.45, 2.75) is 0 Å². The fourth-order valence-corrected chi connectivity index (χ4v) is 2.31. The van der Waals surface area contributed by atoms with Crippen molar-refractivity contribution in [3.63, 3.8) is 0 Å². The van der Waals surface area contributed by atoms with Gasteiger partial charge in [-0.1, -0.05) is 60.7 Å². The van der Waals surface area contributed by atoms with E-state index in [4.69, 9.17) is 0 Å². The number of hydrogen-bond acceptors (Lipinski definition) is 3. The third-order valence-electron chi connectivity index (χ3n) is 3.64. The smallest absolute Gasteiger partial charge is 0.357 e. The molecule has 3 aromatic carbocycles. The number of benzene rings is 3. The van der Waals surface area contributed by atoms with E-state index in [-0.39, 0.29) is 11.7 Å². The van der Waals surface area contributed by atoms with Crippen molar-refractivity contribution in [3.8, 4) is 5.75 Å². The zero-order valence-electron chi connectivity index (χ0n) is 14.0. The maximum Gasteiger partial charge on any atom is 0.357 e. The summed E-state index contributed by atoms with van der Waals surface area (Å²) in [7, 11) is 0. The van der Waals surface area contributed by atoms with Crippen LogP contribution >= 0.6 is 0 Å². The van der Waals surface area contributed by atoms with Gasteiger partial charge < -0.3 is 5.11 Å². The van der Waals surface area contributed by atoms with Crippen molar-refractivity contribution in [2.75, 3.05) is 0 Å². The summed E-state index contributed by atoms with van der Waals surface area (Å²) in [5, 5.41) is 14.3. The minimum absolute atomic E-state index is 0.0640. The van der Waals surface area contributed by atoms with E-state index in [0.29, 0.717) is 17.0 Å². The number of amidine groups is 1. The molecule has 0 heterocycles. The lowest BCUT2D eigenvalue weighted by Crippen LogP contribution is -2.74. The third kappa shape index (κ3) is 4.42. The summed E-state index contributed by atoms with van der Waals surface area (Å²) < 4.78 is 0. The summed E-state index contributed by atoms with van der Waals surface area (Å²) in [5.74, 6) is 0.0606. The molecule has 0 bridgehead atoms. The average molecular weight is 344 g/mol. The first-order chi connectivity index (χ1) is 12.7. The summed E-state index contributed by atoms with van der Waals surface area (Å²) in [6.45, 7) is 0. The van der Waals surface area contributed by atoms with Gasteiger partial charge in [0.05, 0.1) is 11.3 Å². The van der Waals surface area contributed by atoms with Crippen molar-refractivity contribution >= 4 is 18.0 Å². The number of para-hydroxylation sites is 1.